The van der Waals surface area contributed by atoms with Crippen LogP contribution in [0.2, 0.25) is 0 Å². The van der Waals surface area contributed by atoms with Gasteiger partial charge in [-0.25, -0.2) is 4.39 Å². The molecular weight excluding hydrogens is 517 g/mol. The van der Waals surface area contributed by atoms with Crippen molar-refractivity contribution in [2.24, 2.45) is 5.92 Å². The highest BCUT2D eigenvalue weighted by molar-refractivity contribution is 5.98. The molecule has 0 spiro atoms. The van der Waals surface area contributed by atoms with Gasteiger partial charge in [0.05, 0.1) is 23.1 Å². The van der Waals surface area contributed by atoms with Gasteiger partial charge in [0.25, 0.3) is 5.91 Å². The van der Waals surface area contributed by atoms with Crippen molar-refractivity contribution in [1.82, 2.24) is 4.90 Å². The molecule has 1 fully saturated rings. The number of hydrogen-bond acceptors (Lipinski definition) is 4. The summed E-state index contributed by atoms with van der Waals surface area (Å²) in [5, 5.41) is 16.4. The Morgan fingerprint density at radius 1 is 0.976 bits per heavy atom. The maximum Gasteiger partial charge on any atom is 0.257 e. The van der Waals surface area contributed by atoms with E-state index in [4.69, 9.17) is 0 Å². The van der Waals surface area contributed by atoms with Crippen LogP contribution in [0.15, 0.2) is 66.7 Å². The fourth-order valence-corrected chi connectivity index (χ4v) is 5.37. The predicted octanol–water partition coefficient (Wildman–Crippen LogP) is 6.85. The minimum atomic E-state index is -0.879. The van der Waals surface area contributed by atoms with Crippen molar-refractivity contribution >= 4 is 23.2 Å². The SMILES string of the molecule is Cc1cccc(F)c1C(=O)N1CCCC(C(=O)Nc2cccc(C(C)(C)C)c2)C1c1ccc(NCC(C)(C)O)cc1. The summed E-state index contributed by atoms with van der Waals surface area (Å²) < 4.78 is 14.9. The van der Waals surface area contributed by atoms with Gasteiger partial charge in [-0.1, -0.05) is 57.2 Å². The van der Waals surface area contributed by atoms with E-state index in [1.165, 1.54) is 6.07 Å². The van der Waals surface area contributed by atoms with E-state index in [1.54, 1.807) is 37.8 Å². The van der Waals surface area contributed by atoms with Gasteiger partial charge in [-0.3, -0.25) is 9.59 Å². The van der Waals surface area contributed by atoms with Gasteiger partial charge in [-0.15, -0.1) is 0 Å². The second kappa shape index (κ2) is 12.0. The van der Waals surface area contributed by atoms with Gasteiger partial charge >= 0.3 is 0 Å². The molecule has 41 heavy (non-hydrogen) atoms. The predicted molar refractivity (Wildman–Crippen MR) is 163 cm³/mol. The minimum absolute atomic E-state index is 0.0416. The fraction of sp³-hybridized carbons (Fsp3) is 0.412. The standard InChI is InChI=1S/C34H42FN3O3/c1-22-10-7-14-28(35)29(22)32(40)38-19-9-13-27(31(39)37-26-12-8-11-24(20-26)33(2,3)4)30(38)23-15-17-25(18-16-23)36-21-34(5,6)41/h7-8,10-12,14-18,20,27,30,36,41H,9,13,19,21H2,1-6H3,(H,37,39). The number of nitrogens with zero attached hydrogens (tertiary/aromatic N) is 1. The Kier molecular flexibility index (Phi) is 8.88. The summed E-state index contributed by atoms with van der Waals surface area (Å²) in [6.45, 7) is 12.3. The van der Waals surface area contributed by atoms with Crippen LogP contribution in [-0.4, -0.2) is 40.5 Å². The zero-order valence-electron chi connectivity index (χ0n) is 24.9. The number of hydrogen-bond donors (Lipinski definition) is 3. The number of nitrogens with one attached hydrogen (secondary N) is 2. The number of halogens is 1. The van der Waals surface area contributed by atoms with Crippen molar-refractivity contribution in [1.29, 1.82) is 0 Å². The largest absolute Gasteiger partial charge is 0.389 e. The molecule has 1 aliphatic rings. The van der Waals surface area contributed by atoms with E-state index in [0.29, 0.717) is 37.2 Å². The fourth-order valence-electron chi connectivity index (χ4n) is 5.37. The smallest absolute Gasteiger partial charge is 0.257 e. The zero-order valence-corrected chi connectivity index (χ0v) is 24.9. The molecule has 1 aliphatic heterocycles. The van der Waals surface area contributed by atoms with E-state index >= 15 is 0 Å². The summed E-state index contributed by atoms with van der Waals surface area (Å²) in [4.78, 5) is 29.4. The first-order chi connectivity index (χ1) is 19.2. The van der Waals surface area contributed by atoms with Gasteiger partial charge in [-0.05, 0) is 86.1 Å². The number of aryl methyl sites for hydroxylation is 1. The van der Waals surface area contributed by atoms with Crippen LogP contribution in [0.4, 0.5) is 15.8 Å². The molecule has 3 aromatic rings. The van der Waals surface area contributed by atoms with Gasteiger partial charge < -0.3 is 20.6 Å². The van der Waals surface area contributed by atoms with E-state index in [2.05, 4.69) is 31.4 Å². The Balaban J connectivity index is 1.69. The van der Waals surface area contributed by atoms with Crippen molar-refractivity contribution in [3.05, 3.63) is 94.8 Å². The highest BCUT2D eigenvalue weighted by Gasteiger charge is 2.40. The molecule has 2 atom stereocenters. The lowest BCUT2D eigenvalue weighted by molar-refractivity contribution is -0.123. The normalized spacial score (nSPS) is 17.7. The summed E-state index contributed by atoms with van der Waals surface area (Å²) in [7, 11) is 0. The minimum Gasteiger partial charge on any atom is -0.389 e. The van der Waals surface area contributed by atoms with E-state index in [1.807, 2.05) is 48.5 Å². The molecule has 3 aromatic carbocycles. The zero-order chi connectivity index (χ0) is 29.9. The molecule has 4 rings (SSSR count). The maximum atomic E-state index is 14.9. The maximum absolute atomic E-state index is 14.9. The summed E-state index contributed by atoms with van der Waals surface area (Å²) in [6.07, 6.45) is 1.22. The summed E-state index contributed by atoms with van der Waals surface area (Å²) in [5.41, 5.74) is 3.08. The number of likely N-dealkylation sites (tertiary alicyclic amines) is 1. The van der Waals surface area contributed by atoms with Gasteiger partial charge in [0.15, 0.2) is 0 Å². The molecule has 7 heteroatoms. The molecule has 0 bridgehead atoms. The van der Waals surface area contributed by atoms with Crippen LogP contribution in [0.1, 0.15) is 80.6 Å². The number of carbonyl (C=O) groups is 2. The number of carbonyl (C=O) groups excluding carboxylic acids is 2. The molecule has 1 heterocycles. The second-order valence-corrected chi connectivity index (χ2v) is 12.7. The quantitative estimate of drug-likeness (QED) is 0.296. The Morgan fingerprint density at radius 3 is 2.29 bits per heavy atom. The average molecular weight is 560 g/mol. The van der Waals surface area contributed by atoms with Crippen molar-refractivity contribution < 1.29 is 19.1 Å². The molecule has 218 valence electrons. The Morgan fingerprint density at radius 2 is 1.66 bits per heavy atom. The Bertz CT molecular complexity index is 1370. The highest BCUT2D eigenvalue weighted by atomic mass is 19.1. The van der Waals surface area contributed by atoms with Gasteiger partial charge in [0.1, 0.15) is 5.82 Å². The topological polar surface area (TPSA) is 81.7 Å². The lowest BCUT2D eigenvalue weighted by Crippen LogP contribution is -2.46. The molecule has 3 N–H and O–H groups in total. The first-order valence-electron chi connectivity index (χ1n) is 14.3. The molecule has 0 saturated carbocycles. The monoisotopic (exact) mass is 559 g/mol. The number of amides is 2. The number of rotatable bonds is 7. The lowest BCUT2D eigenvalue weighted by atomic mass is 9.83. The Labute approximate surface area is 243 Å². The van der Waals surface area contributed by atoms with Crippen molar-refractivity contribution in [2.75, 3.05) is 23.7 Å². The average Bonchev–Trinajstić information content (AvgIpc) is 2.91. The first-order valence-corrected chi connectivity index (χ1v) is 14.3. The summed E-state index contributed by atoms with van der Waals surface area (Å²) in [5.74, 6) is -1.69. The van der Waals surface area contributed by atoms with E-state index in [9.17, 15) is 19.1 Å². The third kappa shape index (κ3) is 7.33. The summed E-state index contributed by atoms with van der Waals surface area (Å²) in [6, 6.07) is 19.5. The van der Waals surface area contributed by atoms with Crippen LogP contribution in [0, 0.1) is 18.7 Å². The van der Waals surface area contributed by atoms with Crippen molar-refractivity contribution in [3.8, 4) is 0 Å². The van der Waals surface area contributed by atoms with Crippen molar-refractivity contribution in [3.63, 3.8) is 0 Å². The van der Waals surface area contributed by atoms with Crippen molar-refractivity contribution in [2.45, 2.75) is 71.4 Å². The van der Waals surface area contributed by atoms with Crippen LogP contribution in [0.25, 0.3) is 0 Å². The van der Waals surface area contributed by atoms with Gasteiger partial charge in [-0.2, -0.15) is 0 Å². The number of anilines is 2. The number of benzene rings is 3. The van der Waals surface area contributed by atoms with Crippen LogP contribution in [0.3, 0.4) is 0 Å². The van der Waals surface area contributed by atoms with Crippen LogP contribution in [0.5, 0.6) is 0 Å². The molecule has 6 nitrogen and oxygen atoms in total. The highest BCUT2D eigenvalue weighted by Crippen LogP contribution is 2.39. The number of aliphatic hydroxyl groups is 1. The molecule has 0 aromatic heterocycles. The van der Waals surface area contributed by atoms with Gasteiger partial charge in [0.2, 0.25) is 5.91 Å². The van der Waals surface area contributed by atoms with Gasteiger partial charge in [0, 0.05) is 24.5 Å². The molecule has 2 amide bonds. The van der Waals surface area contributed by atoms with E-state index in [-0.39, 0.29) is 16.9 Å². The molecule has 0 radical (unpaired) electrons. The van der Waals surface area contributed by atoms with Crippen LogP contribution >= 0.6 is 0 Å². The van der Waals surface area contributed by atoms with Crippen LogP contribution in [-0.2, 0) is 10.2 Å². The first kappa shape index (κ1) is 30.3. The third-order valence-corrected chi connectivity index (χ3v) is 7.64. The third-order valence-electron chi connectivity index (χ3n) is 7.64. The second-order valence-electron chi connectivity index (χ2n) is 12.7. The molecular formula is C34H42FN3O3. The van der Waals surface area contributed by atoms with E-state index in [0.717, 1.165) is 16.8 Å². The number of piperidine rings is 1. The van der Waals surface area contributed by atoms with E-state index < -0.39 is 29.3 Å². The summed E-state index contributed by atoms with van der Waals surface area (Å²) >= 11 is 0. The van der Waals surface area contributed by atoms with Crippen LogP contribution < -0.4 is 10.6 Å². The molecule has 1 saturated heterocycles. The lowest BCUT2D eigenvalue weighted by Gasteiger charge is -2.41. The Hall–Kier alpha value is -3.71. The molecule has 0 aliphatic carbocycles. The molecule has 2 unspecified atom stereocenters.